The van der Waals surface area contributed by atoms with Gasteiger partial charge in [0.25, 0.3) is 0 Å². The van der Waals surface area contributed by atoms with Gasteiger partial charge < -0.3 is 25.0 Å². The average Bonchev–Trinajstić information content (AvgIpc) is 2.39. The van der Waals surface area contributed by atoms with Crippen LogP contribution in [0.25, 0.3) is 0 Å². The normalized spacial score (nSPS) is 12.3. The van der Waals surface area contributed by atoms with E-state index in [2.05, 4.69) is 5.32 Å². The van der Waals surface area contributed by atoms with Gasteiger partial charge in [0.15, 0.2) is 17.4 Å². The highest BCUT2D eigenvalue weighted by Crippen LogP contribution is 2.25. The van der Waals surface area contributed by atoms with Gasteiger partial charge in [0, 0.05) is 31.5 Å². The van der Waals surface area contributed by atoms with Crippen LogP contribution in [0.4, 0.5) is 14.5 Å². The number of halogens is 2. The molecule has 0 spiro atoms. The number of aliphatic hydroxyl groups excluding tert-OH is 2. The standard InChI is InChI=1S/C12H17F2NO4/c1-18-2-3-19-12-10(13)4-8(5-11(12)14)15-6-9(17)7-16/h4-5,9,15-17H,2-3,6-7H2,1H3. The highest BCUT2D eigenvalue weighted by molar-refractivity contribution is 5.48. The molecule has 0 aliphatic carbocycles. The van der Waals surface area contributed by atoms with Gasteiger partial charge in [-0.2, -0.15) is 0 Å². The number of ether oxygens (including phenoxy) is 2. The molecule has 0 heterocycles. The van der Waals surface area contributed by atoms with Crippen molar-refractivity contribution in [2.45, 2.75) is 6.10 Å². The third kappa shape index (κ3) is 4.98. The Morgan fingerprint density at radius 1 is 1.26 bits per heavy atom. The van der Waals surface area contributed by atoms with Crippen LogP contribution >= 0.6 is 0 Å². The van der Waals surface area contributed by atoms with E-state index >= 15 is 0 Å². The first-order valence-corrected chi connectivity index (χ1v) is 5.72. The molecule has 7 heteroatoms. The van der Waals surface area contributed by atoms with Crippen LogP contribution in [-0.4, -0.2) is 49.8 Å². The Balaban J connectivity index is 2.67. The van der Waals surface area contributed by atoms with Crippen molar-refractivity contribution in [3.05, 3.63) is 23.8 Å². The van der Waals surface area contributed by atoms with Crippen LogP contribution in [0.15, 0.2) is 12.1 Å². The number of aliphatic hydroxyl groups is 2. The van der Waals surface area contributed by atoms with E-state index in [4.69, 9.17) is 19.7 Å². The second-order valence-electron chi connectivity index (χ2n) is 3.83. The van der Waals surface area contributed by atoms with Crippen molar-refractivity contribution in [1.29, 1.82) is 0 Å². The Morgan fingerprint density at radius 2 is 1.89 bits per heavy atom. The van der Waals surface area contributed by atoms with Gasteiger partial charge in [-0.25, -0.2) is 8.78 Å². The molecule has 5 nitrogen and oxygen atoms in total. The molecule has 1 aromatic rings. The maximum absolute atomic E-state index is 13.6. The second-order valence-corrected chi connectivity index (χ2v) is 3.83. The van der Waals surface area contributed by atoms with Gasteiger partial charge >= 0.3 is 0 Å². The number of hydrogen-bond donors (Lipinski definition) is 3. The van der Waals surface area contributed by atoms with E-state index in [-0.39, 0.29) is 25.4 Å². The molecule has 108 valence electrons. The van der Waals surface area contributed by atoms with Gasteiger partial charge in [-0.3, -0.25) is 0 Å². The van der Waals surface area contributed by atoms with Gasteiger partial charge in [0.2, 0.25) is 0 Å². The van der Waals surface area contributed by atoms with Crippen molar-refractivity contribution >= 4 is 5.69 Å². The average molecular weight is 277 g/mol. The number of anilines is 1. The summed E-state index contributed by atoms with van der Waals surface area (Å²) >= 11 is 0. The third-order valence-electron chi connectivity index (χ3n) is 2.28. The fourth-order valence-electron chi connectivity index (χ4n) is 1.33. The van der Waals surface area contributed by atoms with Gasteiger partial charge in [0.1, 0.15) is 6.61 Å². The molecule has 1 aromatic carbocycles. The van der Waals surface area contributed by atoms with E-state index in [9.17, 15) is 8.78 Å². The zero-order valence-electron chi connectivity index (χ0n) is 10.5. The second kappa shape index (κ2) is 7.88. The van der Waals surface area contributed by atoms with Gasteiger partial charge in [-0.15, -0.1) is 0 Å². The van der Waals surface area contributed by atoms with Crippen LogP contribution in [0.1, 0.15) is 0 Å². The van der Waals surface area contributed by atoms with Crippen LogP contribution in [0.3, 0.4) is 0 Å². The maximum Gasteiger partial charge on any atom is 0.190 e. The van der Waals surface area contributed by atoms with E-state index in [0.29, 0.717) is 0 Å². The van der Waals surface area contributed by atoms with Gasteiger partial charge in [-0.1, -0.05) is 0 Å². The molecule has 19 heavy (non-hydrogen) atoms. The minimum absolute atomic E-state index is 0.0146. The number of rotatable bonds is 8. The Morgan fingerprint density at radius 3 is 2.42 bits per heavy atom. The zero-order valence-corrected chi connectivity index (χ0v) is 10.5. The lowest BCUT2D eigenvalue weighted by atomic mass is 10.2. The molecule has 0 aliphatic heterocycles. The van der Waals surface area contributed by atoms with Crippen LogP contribution in [-0.2, 0) is 4.74 Å². The number of methoxy groups -OCH3 is 1. The molecule has 0 fully saturated rings. The van der Waals surface area contributed by atoms with E-state index < -0.39 is 30.1 Å². The molecule has 1 rings (SSSR count). The fraction of sp³-hybridized carbons (Fsp3) is 0.500. The maximum atomic E-state index is 13.6. The molecule has 0 amide bonds. The summed E-state index contributed by atoms with van der Waals surface area (Å²) in [5, 5.41) is 20.3. The molecule has 0 saturated heterocycles. The summed E-state index contributed by atoms with van der Waals surface area (Å²) < 4.78 is 36.8. The summed E-state index contributed by atoms with van der Waals surface area (Å²) in [5.41, 5.74) is 0.154. The van der Waals surface area contributed by atoms with E-state index in [1.165, 1.54) is 7.11 Å². The third-order valence-corrected chi connectivity index (χ3v) is 2.28. The molecule has 3 N–H and O–H groups in total. The highest BCUT2D eigenvalue weighted by atomic mass is 19.1. The SMILES string of the molecule is COCCOc1c(F)cc(NCC(O)CO)cc1F. The quantitative estimate of drug-likeness (QED) is 0.612. The van der Waals surface area contributed by atoms with Crippen LogP contribution in [0.2, 0.25) is 0 Å². The lowest BCUT2D eigenvalue weighted by Crippen LogP contribution is -2.23. The summed E-state index contributed by atoms with van der Waals surface area (Å²) in [6.45, 7) is -0.183. The number of hydrogen-bond acceptors (Lipinski definition) is 5. The summed E-state index contributed by atoms with van der Waals surface area (Å²) in [6, 6.07) is 2.10. The van der Waals surface area contributed by atoms with Crippen molar-refractivity contribution in [3.8, 4) is 5.75 Å². The molecule has 0 aromatic heterocycles. The molecule has 0 radical (unpaired) electrons. The van der Waals surface area contributed by atoms with Crippen LogP contribution in [0.5, 0.6) is 5.75 Å². The Bertz CT molecular complexity index is 380. The Hall–Kier alpha value is -1.44. The van der Waals surface area contributed by atoms with Crippen molar-refractivity contribution in [3.63, 3.8) is 0 Å². The number of nitrogens with one attached hydrogen (secondary N) is 1. The predicted octanol–water partition coefficient (Wildman–Crippen LogP) is 0.755. The largest absolute Gasteiger partial charge is 0.485 e. The highest BCUT2D eigenvalue weighted by Gasteiger charge is 2.13. The smallest absolute Gasteiger partial charge is 0.190 e. The molecule has 1 atom stereocenters. The molecule has 0 saturated carbocycles. The van der Waals surface area contributed by atoms with Gasteiger partial charge in [-0.05, 0) is 0 Å². The van der Waals surface area contributed by atoms with E-state index in [0.717, 1.165) is 12.1 Å². The first-order valence-electron chi connectivity index (χ1n) is 5.72. The van der Waals surface area contributed by atoms with Gasteiger partial charge in [0.05, 0.1) is 19.3 Å². The van der Waals surface area contributed by atoms with E-state index in [1.807, 2.05) is 0 Å². The topological polar surface area (TPSA) is 71.0 Å². The molecule has 0 bridgehead atoms. The van der Waals surface area contributed by atoms with Crippen molar-refractivity contribution < 1.29 is 28.5 Å². The summed E-state index contributed by atoms with van der Waals surface area (Å²) in [5.74, 6) is -2.17. The first-order chi connectivity index (χ1) is 9.08. The lowest BCUT2D eigenvalue weighted by Gasteiger charge is -2.13. The van der Waals surface area contributed by atoms with Crippen LogP contribution < -0.4 is 10.1 Å². The number of benzene rings is 1. The zero-order chi connectivity index (χ0) is 14.3. The first kappa shape index (κ1) is 15.6. The molecule has 0 aliphatic rings. The minimum Gasteiger partial charge on any atom is -0.485 e. The Labute approximate surface area is 109 Å². The molecular weight excluding hydrogens is 260 g/mol. The van der Waals surface area contributed by atoms with Crippen molar-refractivity contribution in [1.82, 2.24) is 0 Å². The molecule has 1 unspecified atom stereocenters. The van der Waals surface area contributed by atoms with Crippen molar-refractivity contribution in [2.75, 3.05) is 38.8 Å². The monoisotopic (exact) mass is 277 g/mol. The summed E-state index contributed by atoms with van der Waals surface area (Å²) in [6.07, 6.45) is -0.997. The summed E-state index contributed by atoms with van der Waals surface area (Å²) in [7, 11) is 1.45. The predicted molar refractivity (Wildman–Crippen MR) is 65.3 cm³/mol. The summed E-state index contributed by atoms with van der Waals surface area (Å²) in [4.78, 5) is 0. The minimum atomic E-state index is -0.997. The van der Waals surface area contributed by atoms with Crippen LogP contribution in [0, 0.1) is 11.6 Å². The fourth-order valence-corrected chi connectivity index (χ4v) is 1.33. The van der Waals surface area contributed by atoms with E-state index in [1.54, 1.807) is 0 Å². The van der Waals surface area contributed by atoms with Crippen molar-refractivity contribution in [2.24, 2.45) is 0 Å². The molecular formula is C12H17F2NO4. The lowest BCUT2D eigenvalue weighted by molar-refractivity contribution is 0.105. The Kier molecular flexibility index (Phi) is 6.48.